The molecule has 0 radical (unpaired) electrons. The lowest BCUT2D eigenvalue weighted by Gasteiger charge is -2.48. The van der Waals surface area contributed by atoms with Gasteiger partial charge in [0.2, 0.25) is 0 Å². The lowest BCUT2D eigenvalue weighted by Crippen LogP contribution is -2.59. The molecule has 1 aromatic rings. The van der Waals surface area contributed by atoms with E-state index in [0.717, 1.165) is 18.9 Å². The maximum atomic E-state index is 5.83. The van der Waals surface area contributed by atoms with Gasteiger partial charge in [-0.1, -0.05) is 6.42 Å². The molecule has 2 saturated heterocycles. The molecule has 2 aliphatic rings. The normalized spacial score (nSPS) is 28.2. The summed E-state index contributed by atoms with van der Waals surface area (Å²) in [4.78, 5) is 9.45. The van der Waals surface area contributed by atoms with Crippen molar-refractivity contribution in [3.8, 4) is 0 Å². The molecule has 2 unspecified atom stereocenters. The van der Waals surface area contributed by atoms with Gasteiger partial charge in [-0.2, -0.15) is 0 Å². The van der Waals surface area contributed by atoms with Crippen LogP contribution in [0.5, 0.6) is 0 Å². The molecule has 2 fully saturated rings. The molecule has 5 nitrogen and oxygen atoms in total. The number of hydrogen-bond acceptors (Lipinski definition) is 5. The zero-order chi connectivity index (χ0) is 13.4. The molecule has 104 valence electrons. The van der Waals surface area contributed by atoms with Crippen molar-refractivity contribution in [3.05, 3.63) is 12.1 Å². The van der Waals surface area contributed by atoms with Gasteiger partial charge in [0.1, 0.15) is 11.6 Å². The molecule has 0 amide bonds. The molecule has 19 heavy (non-hydrogen) atoms. The fourth-order valence-corrected chi connectivity index (χ4v) is 3.31. The van der Waals surface area contributed by atoms with Gasteiger partial charge in [-0.3, -0.25) is 4.90 Å². The van der Waals surface area contributed by atoms with Gasteiger partial charge in [0.05, 0.1) is 5.69 Å². The van der Waals surface area contributed by atoms with Crippen LogP contribution in [0.2, 0.25) is 0 Å². The van der Waals surface area contributed by atoms with Crippen LogP contribution in [0.15, 0.2) is 12.1 Å². The van der Waals surface area contributed by atoms with E-state index in [0.29, 0.717) is 23.6 Å². The average Bonchev–Trinajstić information content (AvgIpc) is 2.41. The van der Waals surface area contributed by atoms with Gasteiger partial charge in [-0.15, -0.1) is 0 Å². The van der Waals surface area contributed by atoms with E-state index in [1.54, 1.807) is 0 Å². The number of pyridine rings is 1. The first kappa shape index (κ1) is 12.5. The van der Waals surface area contributed by atoms with Crippen LogP contribution in [0.25, 0.3) is 0 Å². The van der Waals surface area contributed by atoms with E-state index in [9.17, 15) is 0 Å². The number of hydrogen-bond donors (Lipinski definition) is 2. The predicted molar refractivity (Wildman–Crippen MR) is 79.1 cm³/mol. The summed E-state index contributed by atoms with van der Waals surface area (Å²) in [6.07, 6.45) is 3.99. The maximum Gasteiger partial charge on any atom is 0.149 e. The number of fused-ring (bicyclic) bond motifs is 1. The van der Waals surface area contributed by atoms with Crippen molar-refractivity contribution in [1.29, 1.82) is 0 Å². The molecule has 0 spiro atoms. The molecule has 0 aliphatic carbocycles. The maximum absolute atomic E-state index is 5.83. The lowest BCUT2D eigenvalue weighted by molar-refractivity contribution is 0.115. The van der Waals surface area contributed by atoms with Crippen molar-refractivity contribution < 1.29 is 0 Å². The Bertz CT molecular complexity index is 461. The Morgan fingerprint density at radius 1 is 1.21 bits per heavy atom. The van der Waals surface area contributed by atoms with Gasteiger partial charge in [-0.05, 0) is 38.4 Å². The summed E-state index contributed by atoms with van der Waals surface area (Å²) in [5, 5.41) is 0. The highest BCUT2D eigenvalue weighted by Crippen LogP contribution is 2.28. The van der Waals surface area contributed by atoms with Crippen molar-refractivity contribution in [2.75, 3.05) is 36.0 Å². The van der Waals surface area contributed by atoms with E-state index in [1.807, 2.05) is 12.1 Å². The Hall–Kier alpha value is -1.49. The van der Waals surface area contributed by atoms with Crippen LogP contribution in [0.1, 0.15) is 26.2 Å². The first-order valence-electron chi connectivity index (χ1n) is 7.18. The smallest absolute Gasteiger partial charge is 0.149 e. The summed E-state index contributed by atoms with van der Waals surface area (Å²) >= 11 is 0. The highest BCUT2D eigenvalue weighted by molar-refractivity contribution is 5.62. The third-order valence-corrected chi connectivity index (χ3v) is 4.42. The van der Waals surface area contributed by atoms with E-state index in [4.69, 9.17) is 11.5 Å². The zero-order valence-electron chi connectivity index (χ0n) is 11.5. The van der Waals surface area contributed by atoms with Crippen molar-refractivity contribution in [2.24, 2.45) is 0 Å². The largest absolute Gasteiger partial charge is 0.396 e. The number of nitrogens with zero attached hydrogens (tertiary/aromatic N) is 3. The van der Waals surface area contributed by atoms with Crippen LogP contribution in [0, 0.1) is 0 Å². The SMILES string of the molecule is CC1CN2CCCCC2CN1c1ccc(N)c(N)n1. The third-order valence-electron chi connectivity index (χ3n) is 4.42. The first-order chi connectivity index (χ1) is 9.15. The summed E-state index contributed by atoms with van der Waals surface area (Å²) in [7, 11) is 0. The highest BCUT2D eigenvalue weighted by Gasteiger charge is 2.33. The third kappa shape index (κ3) is 2.34. The minimum absolute atomic E-state index is 0.441. The van der Waals surface area contributed by atoms with Crippen molar-refractivity contribution in [3.63, 3.8) is 0 Å². The number of nitrogen functional groups attached to an aromatic ring is 2. The molecular formula is C14H23N5. The fraction of sp³-hybridized carbons (Fsp3) is 0.643. The van der Waals surface area contributed by atoms with E-state index < -0.39 is 0 Å². The molecule has 0 bridgehead atoms. The zero-order valence-corrected chi connectivity index (χ0v) is 11.5. The van der Waals surface area contributed by atoms with Crippen LogP contribution >= 0.6 is 0 Å². The quantitative estimate of drug-likeness (QED) is 0.797. The number of anilines is 3. The lowest BCUT2D eigenvalue weighted by atomic mass is 9.97. The van der Waals surface area contributed by atoms with E-state index in [2.05, 4.69) is 21.7 Å². The number of aromatic nitrogens is 1. The molecule has 2 aliphatic heterocycles. The summed E-state index contributed by atoms with van der Waals surface area (Å²) in [5.74, 6) is 1.40. The van der Waals surface area contributed by atoms with Crippen molar-refractivity contribution in [2.45, 2.75) is 38.3 Å². The number of rotatable bonds is 1. The molecule has 1 aromatic heterocycles. The molecule has 3 heterocycles. The number of piperazine rings is 1. The summed E-state index contributed by atoms with van der Waals surface area (Å²) in [5.41, 5.74) is 12.1. The minimum Gasteiger partial charge on any atom is -0.396 e. The highest BCUT2D eigenvalue weighted by atomic mass is 15.3. The van der Waals surface area contributed by atoms with Crippen LogP contribution in [-0.2, 0) is 0 Å². The van der Waals surface area contributed by atoms with Gasteiger partial charge in [0.15, 0.2) is 0 Å². The number of piperidine rings is 1. The van der Waals surface area contributed by atoms with E-state index in [1.165, 1.54) is 25.8 Å². The second-order valence-electron chi connectivity index (χ2n) is 5.79. The Kier molecular flexibility index (Phi) is 3.22. The second kappa shape index (κ2) is 4.89. The molecule has 5 heteroatoms. The van der Waals surface area contributed by atoms with Gasteiger partial charge in [-0.25, -0.2) is 4.98 Å². The summed E-state index contributed by atoms with van der Waals surface area (Å²) in [6.45, 7) is 5.69. The van der Waals surface area contributed by atoms with Gasteiger partial charge >= 0.3 is 0 Å². The van der Waals surface area contributed by atoms with E-state index in [-0.39, 0.29) is 0 Å². The van der Waals surface area contributed by atoms with Crippen molar-refractivity contribution in [1.82, 2.24) is 9.88 Å². The summed E-state index contributed by atoms with van der Waals surface area (Å²) in [6, 6.07) is 4.99. The first-order valence-corrected chi connectivity index (χ1v) is 7.18. The summed E-state index contributed by atoms with van der Waals surface area (Å²) < 4.78 is 0. The monoisotopic (exact) mass is 261 g/mol. The molecule has 2 atom stereocenters. The molecular weight excluding hydrogens is 238 g/mol. The molecule has 0 saturated carbocycles. The topological polar surface area (TPSA) is 71.4 Å². The fourth-order valence-electron chi connectivity index (χ4n) is 3.31. The Morgan fingerprint density at radius 2 is 2.05 bits per heavy atom. The standard InChI is InChI=1S/C14H23N5/c1-10-8-18-7-3-2-4-11(18)9-19(10)13-6-5-12(15)14(16)17-13/h5-6,10-11H,2-4,7-9,15H2,1H3,(H2,16,17). The predicted octanol–water partition coefficient (Wildman–Crippen LogP) is 1.31. The average molecular weight is 261 g/mol. The van der Waals surface area contributed by atoms with Crippen LogP contribution < -0.4 is 16.4 Å². The van der Waals surface area contributed by atoms with Crippen molar-refractivity contribution >= 4 is 17.3 Å². The Morgan fingerprint density at radius 3 is 2.84 bits per heavy atom. The molecule has 0 aromatic carbocycles. The number of nitrogens with two attached hydrogens (primary N) is 2. The van der Waals surface area contributed by atoms with Gasteiger partial charge in [0.25, 0.3) is 0 Å². The van der Waals surface area contributed by atoms with Crippen LogP contribution in [0.4, 0.5) is 17.3 Å². The Balaban J connectivity index is 1.81. The second-order valence-corrected chi connectivity index (χ2v) is 5.79. The van der Waals surface area contributed by atoms with Gasteiger partial charge < -0.3 is 16.4 Å². The van der Waals surface area contributed by atoms with Crippen LogP contribution in [-0.4, -0.2) is 41.6 Å². The molecule has 4 N–H and O–H groups in total. The molecule has 3 rings (SSSR count). The Labute approximate surface area is 114 Å². The van der Waals surface area contributed by atoms with Gasteiger partial charge in [0, 0.05) is 25.2 Å². The van der Waals surface area contributed by atoms with Crippen LogP contribution in [0.3, 0.4) is 0 Å². The van der Waals surface area contributed by atoms with E-state index >= 15 is 0 Å². The minimum atomic E-state index is 0.441.